The van der Waals surface area contributed by atoms with Crippen LogP contribution in [0.2, 0.25) is 0 Å². The molecule has 0 aliphatic carbocycles. The number of carbonyl (C=O) groups is 2. The molecule has 0 saturated carbocycles. The summed E-state index contributed by atoms with van der Waals surface area (Å²) in [5, 5.41) is 11.2. The number of aryl methyl sites for hydroxylation is 1. The highest BCUT2D eigenvalue weighted by molar-refractivity contribution is 6.51. The summed E-state index contributed by atoms with van der Waals surface area (Å²) in [6.45, 7) is 6.39. The Kier molecular flexibility index (Phi) is 6.64. The van der Waals surface area contributed by atoms with Gasteiger partial charge in [-0.15, -0.1) is 0 Å². The number of ether oxygens (including phenoxy) is 1. The minimum atomic E-state index is -1.16. The number of amides is 1. The lowest BCUT2D eigenvalue weighted by molar-refractivity contribution is -0.132. The van der Waals surface area contributed by atoms with Crippen molar-refractivity contribution in [1.29, 1.82) is 0 Å². The number of aliphatic hydroxyl groups excluding tert-OH is 1. The second-order valence-corrected chi connectivity index (χ2v) is 8.73. The van der Waals surface area contributed by atoms with Gasteiger partial charge in [0.1, 0.15) is 11.5 Å². The highest BCUT2D eigenvalue weighted by Crippen LogP contribution is 2.42. The number of nitrogens with zero attached hydrogens (tertiary/aromatic N) is 2. The summed E-state index contributed by atoms with van der Waals surface area (Å²) in [5.74, 6) is -3.56. The van der Waals surface area contributed by atoms with Crippen LogP contribution in [-0.4, -0.2) is 28.4 Å². The Labute approximate surface area is 201 Å². The lowest BCUT2D eigenvalue weighted by Crippen LogP contribution is -2.29. The Balaban J connectivity index is 1.84. The lowest BCUT2D eigenvalue weighted by atomic mass is 9.95. The van der Waals surface area contributed by atoms with Crippen LogP contribution in [0.4, 0.5) is 14.5 Å². The summed E-state index contributed by atoms with van der Waals surface area (Å²) < 4.78 is 33.4. The molecule has 8 heteroatoms. The molecule has 180 valence electrons. The molecule has 35 heavy (non-hydrogen) atoms. The third-order valence-corrected chi connectivity index (χ3v) is 5.67. The number of hydrogen-bond donors (Lipinski definition) is 1. The maximum Gasteiger partial charge on any atom is 0.300 e. The van der Waals surface area contributed by atoms with E-state index in [4.69, 9.17) is 4.74 Å². The molecule has 3 aromatic rings. The molecule has 4 rings (SSSR count). The number of pyridine rings is 1. The number of anilines is 1. The minimum absolute atomic E-state index is 0.0134. The number of rotatable bonds is 6. The summed E-state index contributed by atoms with van der Waals surface area (Å²) in [6, 6.07) is 10.0. The van der Waals surface area contributed by atoms with Crippen LogP contribution >= 0.6 is 0 Å². The third-order valence-electron chi connectivity index (χ3n) is 5.67. The summed E-state index contributed by atoms with van der Waals surface area (Å²) in [5.41, 5.74) is 1.35. The Hall–Kier alpha value is -4.07. The SMILES string of the molecule is Cc1cc(/C(O)=C2\C(=O)C(=O)N(c3ccc(F)c(F)c3)C2c2ccncc2)ccc1OCC(C)C. The fourth-order valence-electron chi connectivity index (χ4n) is 3.97. The molecule has 1 atom stereocenters. The molecule has 1 amide bonds. The Morgan fingerprint density at radius 2 is 1.77 bits per heavy atom. The molecule has 1 aromatic heterocycles. The van der Waals surface area contributed by atoms with Crippen molar-refractivity contribution in [3.05, 3.63) is 94.8 Å². The van der Waals surface area contributed by atoms with Gasteiger partial charge in [-0.05, 0) is 66.4 Å². The zero-order chi connectivity index (χ0) is 25.3. The van der Waals surface area contributed by atoms with Gasteiger partial charge in [-0.2, -0.15) is 0 Å². The minimum Gasteiger partial charge on any atom is -0.507 e. The predicted molar refractivity (Wildman–Crippen MR) is 127 cm³/mol. The van der Waals surface area contributed by atoms with Crippen molar-refractivity contribution >= 4 is 23.1 Å². The van der Waals surface area contributed by atoms with Crippen LogP contribution in [0.25, 0.3) is 5.76 Å². The van der Waals surface area contributed by atoms with E-state index >= 15 is 0 Å². The van der Waals surface area contributed by atoms with E-state index in [1.165, 1.54) is 18.5 Å². The normalized spacial score (nSPS) is 17.3. The molecule has 1 aliphatic rings. The van der Waals surface area contributed by atoms with Crippen molar-refractivity contribution in [2.24, 2.45) is 5.92 Å². The van der Waals surface area contributed by atoms with Crippen LogP contribution in [0.3, 0.4) is 0 Å². The van der Waals surface area contributed by atoms with Gasteiger partial charge in [0.25, 0.3) is 11.7 Å². The second kappa shape index (κ2) is 9.66. The van der Waals surface area contributed by atoms with E-state index in [1.807, 2.05) is 20.8 Å². The average molecular weight is 478 g/mol. The van der Waals surface area contributed by atoms with Crippen LogP contribution in [0.1, 0.15) is 36.6 Å². The molecule has 0 spiro atoms. The number of hydrogen-bond acceptors (Lipinski definition) is 5. The average Bonchev–Trinajstić information content (AvgIpc) is 3.10. The van der Waals surface area contributed by atoms with Crippen LogP contribution in [0.15, 0.2) is 66.5 Å². The molecule has 1 aliphatic heterocycles. The van der Waals surface area contributed by atoms with Gasteiger partial charge in [0, 0.05) is 29.7 Å². The molecule has 1 unspecified atom stereocenters. The van der Waals surface area contributed by atoms with E-state index in [1.54, 1.807) is 30.3 Å². The Morgan fingerprint density at radius 1 is 1.06 bits per heavy atom. The van der Waals surface area contributed by atoms with Crippen molar-refractivity contribution in [2.75, 3.05) is 11.5 Å². The van der Waals surface area contributed by atoms with E-state index in [9.17, 15) is 23.5 Å². The molecule has 2 heterocycles. The molecule has 0 bridgehead atoms. The number of ketones is 1. The maximum absolute atomic E-state index is 14.0. The van der Waals surface area contributed by atoms with Gasteiger partial charge in [-0.3, -0.25) is 19.5 Å². The molecule has 2 aromatic carbocycles. The fraction of sp³-hybridized carbons (Fsp3) is 0.222. The number of halogens is 2. The zero-order valence-electron chi connectivity index (χ0n) is 19.5. The van der Waals surface area contributed by atoms with E-state index in [-0.39, 0.29) is 17.0 Å². The zero-order valence-corrected chi connectivity index (χ0v) is 19.5. The van der Waals surface area contributed by atoms with Gasteiger partial charge in [0.15, 0.2) is 11.6 Å². The van der Waals surface area contributed by atoms with Gasteiger partial charge in [-0.25, -0.2) is 8.78 Å². The van der Waals surface area contributed by atoms with Crippen molar-refractivity contribution in [3.8, 4) is 5.75 Å². The van der Waals surface area contributed by atoms with Crippen LogP contribution in [0.5, 0.6) is 5.75 Å². The smallest absolute Gasteiger partial charge is 0.300 e. The predicted octanol–water partition coefficient (Wildman–Crippen LogP) is 5.33. The van der Waals surface area contributed by atoms with Crippen molar-refractivity contribution in [3.63, 3.8) is 0 Å². The van der Waals surface area contributed by atoms with E-state index in [2.05, 4.69) is 4.98 Å². The number of benzene rings is 2. The van der Waals surface area contributed by atoms with Gasteiger partial charge in [0.2, 0.25) is 0 Å². The first-order valence-corrected chi connectivity index (χ1v) is 11.1. The summed E-state index contributed by atoms with van der Waals surface area (Å²) in [6.07, 6.45) is 2.96. The first-order valence-electron chi connectivity index (χ1n) is 11.1. The van der Waals surface area contributed by atoms with Crippen molar-refractivity contribution < 1.29 is 28.2 Å². The summed E-state index contributed by atoms with van der Waals surface area (Å²) in [4.78, 5) is 31.3. The number of carbonyl (C=O) groups excluding carboxylic acids is 2. The quantitative estimate of drug-likeness (QED) is 0.294. The van der Waals surface area contributed by atoms with Gasteiger partial charge < -0.3 is 9.84 Å². The van der Waals surface area contributed by atoms with E-state index in [0.717, 1.165) is 22.6 Å². The largest absolute Gasteiger partial charge is 0.507 e. The number of aliphatic hydroxyl groups is 1. The van der Waals surface area contributed by atoms with Gasteiger partial charge in [-0.1, -0.05) is 13.8 Å². The van der Waals surface area contributed by atoms with Gasteiger partial charge in [0.05, 0.1) is 18.2 Å². The standard InChI is InChI=1S/C27H24F2N2O4/c1-15(2)14-35-22-7-4-18(12-16(22)3)25(32)23-24(17-8-10-30-11-9-17)31(27(34)26(23)33)19-5-6-20(28)21(29)13-19/h4-13,15,24,32H,14H2,1-3H3/b25-23+. The molecule has 0 radical (unpaired) electrons. The number of Topliss-reactive ketones (excluding diaryl/α,β-unsaturated/α-hetero) is 1. The molecule has 1 saturated heterocycles. The molecule has 1 N–H and O–H groups in total. The molecular formula is C27H24F2N2O4. The van der Waals surface area contributed by atoms with Crippen LogP contribution < -0.4 is 9.64 Å². The Morgan fingerprint density at radius 3 is 2.40 bits per heavy atom. The van der Waals surface area contributed by atoms with Gasteiger partial charge >= 0.3 is 0 Å². The molecule has 1 fully saturated rings. The third kappa shape index (κ3) is 4.64. The topological polar surface area (TPSA) is 79.7 Å². The first-order chi connectivity index (χ1) is 16.7. The number of aromatic nitrogens is 1. The van der Waals surface area contributed by atoms with Crippen LogP contribution in [-0.2, 0) is 9.59 Å². The van der Waals surface area contributed by atoms with Crippen LogP contribution in [0, 0.1) is 24.5 Å². The maximum atomic E-state index is 14.0. The first kappa shape index (κ1) is 24.1. The lowest BCUT2D eigenvalue weighted by Gasteiger charge is -2.25. The van der Waals surface area contributed by atoms with E-state index in [0.29, 0.717) is 29.4 Å². The van der Waals surface area contributed by atoms with Crippen molar-refractivity contribution in [1.82, 2.24) is 4.98 Å². The van der Waals surface area contributed by atoms with E-state index < -0.39 is 29.4 Å². The highest BCUT2D eigenvalue weighted by atomic mass is 19.2. The monoisotopic (exact) mass is 478 g/mol. The fourth-order valence-corrected chi connectivity index (χ4v) is 3.97. The molecular weight excluding hydrogens is 454 g/mol. The molecule has 6 nitrogen and oxygen atoms in total. The second-order valence-electron chi connectivity index (χ2n) is 8.73. The Bertz CT molecular complexity index is 1320. The summed E-state index contributed by atoms with van der Waals surface area (Å²) in [7, 11) is 0. The summed E-state index contributed by atoms with van der Waals surface area (Å²) >= 11 is 0. The van der Waals surface area contributed by atoms with Crippen molar-refractivity contribution in [2.45, 2.75) is 26.8 Å². The highest BCUT2D eigenvalue weighted by Gasteiger charge is 2.47.